The van der Waals surface area contributed by atoms with Crippen LogP contribution in [0.5, 0.6) is 0 Å². The summed E-state index contributed by atoms with van der Waals surface area (Å²) in [4.78, 5) is 14.1. The second kappa shape index (κ2) is 7.03. The first-order valence-corrected chi connectivity index (χ1v) is 4.56. The first-order chi connectivity index (χ1) is 5.66. The van der Waals surface area contributed by atoms with E-state index in [9.17, 15) is 4.79 Å². The maximum Gasteiger partial charge on any atom is 0.307 e. The lowest BCUT2D eigenvalue weighted by Gasteiger charge is -1.88. The highest BCUT2D eigenvalue weighted by atomic mass is 79.9. The summed E-state index contributed by atoms with van der Waals surface area (Å²) in [5.41, 5.74) is 0. The Kier molecular flexibility index (Phi) is 6.66. The van der Waals surface area contributed by atoms with Crippen molar-refractivity contribution in [2.45, 2.75) is 26.2 Å². The molecule has 0 heterocycles. The molecule has 12 heavy (non-hydrogen) atoms. The molecule has 3 nitrogen and oxygen atoms in total. The Labute approximate surface area is 80.3 Å². The van der Waals surface area contributed by atoms with Crippen molar-refractivity contribution < 1.29 is 9.90 Å². The molecule has 0 amide bonds. The van der Waals surface area contributed by atoms with Crippen molar-refractivity contribution in [1.82, 2.24) is 0 Å². The molecule has 0 aromatic rings. The van der Waals surface area contributed by atoms with E-state index in [1.807, 2.05) is 0 Å². The van der Waals surface area contributed by atoms with Crippen LogP contribution in [0.3, 0.4) is 0 Å². The zero-order chi connectivity index (χ0) is 9.40. The Morgan fingerprint density at radius 3 is 2.83 bits per heavy atom. The van der Waals surface area contributed by atoms with Crippen molar-refractivity contribution in [3.63, 3.8) is 0 Å². The second-order valence-electron chi connectivity index (χ2n) is 2.23. The quantitative estimate of drug-likeness (QED) is 0.587. The molecule has 4 heteroatoms. The monoisotopic (exact) mass is 233 g/mol. The largest absolute Gasteiger partial charge is 0.481 e. The van der Waals surface area contributed by atoms with Crippen LogP contribution in [-0.4, -0.2) is 17.3 Å². The number of aliphatic carboxylic acids is 1. The van der Waals surface area contributed by atoms with Gasteiger partial charge >= 0.3 is 5.97 Å². The molecule has 0 aromatic carbocycles. The second-order valence-corrected chi connectivity index (χ2v) is 3.04. The van der Waals surface area contributed by atoms with E-state index in [2.05, 4.69) is 27.8 Å². The average molecular weight is 234 g/mol. The Morgan fingerprint density at radius 1 is 1.67 bits per heavy atom. The number of unbranched alkanes of at least 4 members (excludes halogenated alkanes) is 1. The molecule has 0 aliphatic carbocycles. The van der Waals surface area contributed by atoms with Crippen molar-refractivity contribution >= 4 is 28.1 Å². The van der Waals surface area contributed by atoms with E-state index < -0.39 is 5.97 Å². The van der Waals surface area contributed by atoms with Gasteiger partial charge in [-0.1, -0.05) is 13.3 Å². The van der Waals surface area contributed by atoms with Gasteiger partial charge in [-0.2, -0.15) is 0 Å². The molecule has 0 aliphatic heterocycles. The number of nitrogens with zero attached hydrogens (tertiary/aromatic N) is 1. The minimum atomic E-state index is -0.849. The molecule has 0 fully saturated rings. The zero-order valence-corrected chi connectivity index (χ0v) is 8.54. The summed E-state index contributed by atoms with van der Waals surface area (Å²) in [6, 6.07) is 0. The minimum Gasteiger partial charge on any atom is -0.481 e. The summed E-state index contributed by atoms with van der Waals surface area (Å²) in [6.07, 6.45) is 5.25. The third-order valence-electron chi connectivity index (χ3n) is 1.08. The number of carboxylic acids is 1. The van der Waals surface area contributed by atoms with Crippen LogP contribution in [0.1, 0.15) is 26.2 Å². The van der Waals surface area contributed by atoms with Gasteiger partial charge in [0.05, 0.1) is 6.42 Å². The van der Waals surface area contributed by atoms with Crippen molar-refractivity contribution in [2.75, 3.05) is 0 Å². The number of aliphatic imine (C=N–C) groups is 1. The molecular formula is C8H12BrNO2. The minimum absolute atomic E-state index is 0.00402. The Morgan fingerprint density at radius 2 is 2.33 bits per heavy atom. The molecule has 1 N–H and O–H groups in total. The van der Waals surface area contributed by atoms with Crippen LogP contribution in [0.15, 0.2) is 15.7 Å². The van der Waals surface area contributed by atoms with E-state index in [4.69, 9.17) is 5.11 Å². The number of hydrogen-bond donors (Lipinski definition) is 1. The lowest BCUT2D eigenvalue weighted by Crippen LogP contribution is -1.90. The van der Waals surface area contributed by atoms with Crippen molar-refractivity contribution in [1.29, 1.82) is 0 Å². The van der Waals surface area contributed by atoms with Crippen LogP contribution in [0, 0.1) is 0 Å². The number of hydrogen-bond acceptors (Lipinski definition) is 2. The molecular weight excluding hydrogens is 222 g/mol. The number of rotatable bonds is 5. The van der Waals surface area contributed by atoms with Crippen molar-refractivity contribution in [3.05, 3.63) is 10.7 Å². The fourth-order valence-corrected chi connectivity index (χ4v) is 0.812. The smallest absolute Gasteiger partial charge is 0.307 e. The Bertz CT molecular complexity index is 199. The third-order valence-corrected chi connectivity index (χ3v) is 1.61. The van der Waals surface area contributed by atoms with Gasteiger partial charge in [0, 0.05) is 6.21 Å². The van der Waals surface area contributed by atoms with Crippen molar-refractivity contribution in [2.24, 2.45) is 4.99 Å². The SMILES string of the molecule is CCC/C=N\C(Br)=C/CC(=O)O. The molecule has 0 aromatic heterocycles. The van der Waals surface area contributed by atoms with E-state index >= 15 is 0 Å². The standard InChI is InChI=1S/C8H12BrNO2/c1-2-3-6-10-7(9)4-5-8(11)12/h4,6H,2-3,5H2,1H3,(H,11,12)/b7-4-,10-6-. The van der Waals surface area contributed by atoms with Crippen LogP contribution >= 0.6 is 15.9 Å². The van der Waals surface area contributed by atoms with Gasteiger partial charge in [0.2, 0.25) is 0 Å². The van der Waals surface area contributed by atoms with Gasteiger partial charge in [0.1, 0.15) is 4.61 Å². The molecule has 0 saturated carbocycles. The summed E-state index contributed by atoms with van der Waals surface area (Å²) in [6.45, 7) is 2.06. The summed E-state index contributed by atoms with van der Waals surface area (Å²) < 4.78 is 0.582. The summed E-state index contributed by atoms with van der Waals surface area (Å²) in [5, 5.41) is 8.32. The van der Waals surface area contributed by atoms with Crippen LogP contribution in [0.2, 0.25) is 0 Å². The van der Waals surface area contributed by atoms with Crippen LogP contribution in [0.4, 0.5) is 0 Å². The molecule has 0 rings (SSSR count). The number of carboxylic acid groups (broad SMARTS) is 1. The predicted molar refractivity (Wildman–Crippen MR) is 52.7 cm³/mol. The van der Waals surface area contributed by atoms with Gasteiger partial charge in [-0.05, 0) is 28.4 Å². The fraction of sp³-hybridized carbons (Fsp3) is 0.500. The third kappa shape index (κ3) is 7.47. The first-order valence-electron chi connectivity index (χ1n) is 3.76. The highest BCUT2D eigenvalue weighted by Crippen LogP contribution is 2.07. The molecule has 68 valence electrons. The highest BCUT2D eigenvalue weighted by molar-refractivity contribution is 9.11. The first kappa shape index (κ1) is 11.4. The summed E-state index contributed by atoms with van der Waals surface area (Å²) in [5.74, 6) is -0.849. The normalized spacial score (nSPS) is 12.3. The topological polar surface area (TPSA) is 49.7 Å². The van der Waals surface area contributed by atoms with Gasteiger partial charge in [0.25, 0.3) is 0 Å². The van der Waals surface area contributed by atoms with Crippen molar-refractivity contribution in [3.8, 4) is 0 Å². The maximum atomic E-state index is 10.1. The highest BCUT2D eigenvalue weighted by Gasteiger charge is 1.92. The van der Waals surface area contributed by atoms with Gasteiger partial charge in [-0.25, -0.2) is 0 Å². The molecule has 0 atom stereocenters. The van der Waals surface area contributed by atoms with E-state index in [0.29, 0.717) is 4.61 Å². The van der Waals surface area contributed by atoms with E-state index in [0.717, 1.165) is 12.8 Å². The van der Waals surface area contributed by atoms with E-state index in [1.54, 1.807) is 6.21 Å². The molecule has 0 spiro atoms. The zero-order valence-electron chi connectivity index (χ0n) is 6.96. The number of carbonyl (C=O) groups is 1. The van der Waals surface area contributed by atoms with Crippen LogP contribution in [0.25, 0.3) is 0 Å². The average Bonchev–Trinajstić information content (AvgIpc) is 2.01. The maximum absolute atomic E-state index is 10.1. The Balaban J connectivity index is 3.76. The van der Waals surface area contributed by atoms with Gasteiger partial charge in [0.15, 0.2) is 0 Å². The van der Waals surface area contributed by atoms with Crippen LogP contribution in [-0.2, 0) is 4.79 Å². The molecule has 0 aliphatic rings. The molecule has 0 bridgehead atoms. The molecule has 0 unspecified atom stereocenters. The Hall–Kier alpha value is -0.640. The molecule has 0 radical (unpaired) electrons. The predicted octanol–water partition coefficient (Wildman–Crippen LogP) is 2.57. The summed E-state index contributed by atoms with van der Waals surface area (Å²) >= 11 is 3.14. The lowest BCUT2D eigenvalue weighted by molar-refractivity contribution is -0.136. The number of halogens is 1. The van der Waals surface area contributed by atoms with Gasteiger partial charge in [-0.3, -0.25) is 9.79 Å². The fourth-order valence-electron chi connectivity index (χ4n) is 0.505. The summed E-state index contributed by atoms with van der Waals surface area (Å²) in [7, 11) is 0. The van der Waals surface area contributed by atoms with Gasteiger partial charge < -0.3 is 5.11 Å². The lowest BCUT2D eigenvalue weighted by atomic mass is 10.4. The van der Waals surface area contributed by atoms with E-state index in [-0.39, 0.29) is 6.42 Å². The van der Waals surface area contributed by atoms with Crippen LogP contribution < -0.4 is 0 Å². The van der Waals surface area contributed by atoms with Gasteiger partial charge in [-0.15, -0.1) is 0 Å². The molecule has 0 saturated heterocycles. The van der Waals surface area contributed by atoms with E-state index in [1.165, 1.54) is 6.08 Å².